The highest BCUT2D eigenvalue weighted by Gasteiger charge is 2.44. The molecule has 0 unspecified atom stereocenters. The van der Waals surface area contributed by atoms with E-state index in [1.165, 1.54) is 22.5 Å². The lowest BCUT2D eigenvalue weighted by Crippen LogP contribution is -2.49. The first-order valence-corrected chi connectivity index (χ1v) is 20.6. The summed E-state index contributed by atoms with van der Waals surface area (Å²) in [4.78, 5) is 33.8. The molecule has 2 aromatic carbocycles. The van der Waals surface area contributed by atoms with Gasteiger partial charge in [0, 0.05) is 48.0 Å². The van der Waals surface area contributed by atoms with E-state index in [0.717, 1.165) is 66.6 Å². The molecule has 2 aliphatic heterocycles. The molecule has 2 amide bonds. The van der Waals surface area contributed by atoms with Crippen LogP contribution in [0, 0.1) is 18.8 Å². The van der Waals surface area contributed by atoms with Gasteiger partial charge in [-0.05, 0) is 112 Å². The van der Waals surface area contributed by atoms with Crippen molar-refractivity contribution in [2.75, 3.05) is 37.5 Å². The Morgan fingerprint density at radius 2 is 2.10 bits per heavy atom. The van der Waals surface area contributed by atoms with Gasteiger partial charge in [0.2, 0.25) is 5.91 Å². The first-order valence-electron chi connectivity index (χ1n) is 17.6. The monoisotopic (exact) mass is 736 g/mol. The number of carbonyl (C=O) groups excluding carboxylic acids is 2. The zero-order valence-electron chi connectivity index (χ0n) is 28.7. The van der Waals surface area contributed by atoms with Crippen LogP contribution >= 0.6 is 22.9 Å². The van der Waals surface area contributed by atoms with E-state index in [4.69, 9.17) is 21.1 Å². The van der Waals surface area contributed by atoms with Gasteiger partial charge in [0.05, 0.1) is 34.9 Å². The lowest BCUT2D eigenvalue weighted by Gasteiger charge is -2.46. The van der Waals surface area contributed by atoms with E-state index in [9.17, 15) is 13.8 Å². The van der Waals surface area contributed by atoms with Crippen LogP contribution in [0.4, 0.5) is 5.69 Å². The second-order valence-corrected chi connectivity index (χ2v) is 17.8. The Bertz CT molecular complexity index is 1920. The fourth-order valence-corrected chi connectivity index (χ4v) is 10.6. The summed E-state index contributed by atoms with van der Waals surface area (Å²) >= 11 is 7.97. The molecule has 1 N–H and O–H groups in total. The molecule has 266 valence electrons. The first-order chi connectivity index (χ1) is 24.1. The number of allylic oxidation sites excluding steroid dienone is 1. The topological polar surface area (TPSA) is 110 Å². The number of hydrogen-bond acceptors (Lipinski definition) is 8. The number of benzene rings is 2. The van der Waals surface area contributed by atoms with Crippen LogP contribution < -0.4 is 14.4 Å². The highest BCUT2D eigenvalue weighted by atomic mass is 35.5. The quantitative estimate of drug-likeness (QED) is 0.275. The molecule has 2 aliphatic carbocycles. The third-order valence-corrected chi connectivity index (χ3v) is 13.7. The lowest BCUT2D eigenvalue weighted by atomic mass is 9.68. The molecule has 0 radical (unpaired) electrons. The van der Waals surface area contributed by atoms with Gasteiger partial charge in [-0.1, -0.05) is 29.8 Å². The minimum Gasteiger partial charge on any atom is -0.490 e. The average Bonchev–Trinajstić information content (AvgIpc) is 3.44. The number of carbonyl (C=O) groups is 2. The fraction of sp³-hybridized carbons (Fsp3) is 0.500. The van der Waals surface area contributed by atoms with Crippen LogP contribution in [0.3, 0.4) is 0 Å². The van der Waals surface area contributed by atoms with Crippen LogP contribution in [-0.2, 0) is 37.7 Å². The van der Waals surface area contributed by atoms with E-state index < -0.39 is 21.7 Å². The van der Waals surface area contributed by atoms with Gasteiger partial charge in [0.1, 0.15) is 15.7 Å². The summed E-state index contributed by atoms with van der Waals surface area (Å²) in [5.74, 6) is 0.494. The normalized spacial score (nSPS) is 28.7. The number of nitrogens with one attached hydrogen (secondary N) is 1. The number of ether oxygens (including phenoxy) is 2. The second kappa shape index (κ2) is 14.8. The number of amides is 2. The van der Waals surface area contributed by atoms with Gasteiger partial charge in [-0.2, -0.15) is 0 Å². The molecule has 2 bridgehead atoms. The molecule has 0 saturated heterocycles. The van der Waals surface area contributed by atoms with Gasteiger partial charge in [-0.3, -0.25) is 14.3 Å². The number of rotatable bonds is 5. The minimum absolute atomic E-state index is 0.0353. The summed E-state index contributed by atoms with van der Waals surface area (Å²) in [7, 11) is -1.64. The summed E-state index contributed by atoms with van der Waals surface area (Å²) < 4.78 is 33.8. The molecule has 4 aliphatic rings. The van der Waals surface area contributed by atoms with Crippen molar-refractivity contribution in [2.45, 2.75) is 76.2 Å². The fourth-order valence-electron chi connectivity index (χ4n) is 8.11. The molecule has 12 heteroatoms. The van der Waals surface area contributed by atoms with Crippen molar-refractivity contribution in [3.8, 4) is 5.75 Å². The molecule has 1 spiro atoms. The van der Waals surface area contributed by atoms with E-state index in [-0.39, 0.29) is 23.7 Å². The van der Waals surface area contributed by atoms with Crippen LogP contribution in [0.2, 0.25) is 5.02 Å². The van der Waals surface area contributed by atoms with E-state index in [1.807, 2.05) is 30.5 Å². The van der Waals surface area contributed by atoms with Crippen LogP contribution in [0.5, 0.6) is 5.75 Å². The van der Waals surface area contributed by atoms with E-state index in [2.05, 4.69) is 43.3 Å². The van der Waals surface area contributed by atoms with Crippen molar-refractivity contribution in [1.29, 1.82) is 0 Å². The van der Waals surface area contributed by atoms with Crippen molar-refractivity contribution < 1.29 is 23.3 Å². The molecule has 7 rings (SSSR count). The molecule has 1 aromatic heterocycles. The molecule has 50 heavy (non-hydrogen) atoms. The largest absolute Gasteiger partial charge is 0.490 e. The number of anilines is 1. The molecule has 1 saturated carbocycles. The molecule has 1 fully saturated rings. The summed E-state index contributed by atoms with van der Waals surface area (Å²) in [6.45, 7) is 3.95. The van der Waals surface area contributed by atoms with Crippen LogP contribution in [0.25, 0.3) is 0 Å². The predicted octanol–water partition coefficient (Wildman–Crippen LogP) is 7.24. The third-order valence-electron chi connectivity index (χ3n) is 10.8. The van der Waals surface area contributed by atoms with Gasteiger partial charge in [-0.25, -0.2) is 9.19 Å². The highest BCUT2D eigenvalue weighted by Crippen LogP contribution is 2.47. The number of halogens is 1. The third kappa shape index (κ3) is 7.52. The van der Waals surface area contributed by atoms with Crippen molar-refractivity contribution in [3.05, 3.63) is 86.3 Å². The molecule has 5 atom stereocenters. The summed E-state index contributed by atoms with van der Waals surface area (Å²) in [5, 5.41) is 3.59. The van der Waals surface area contributed by atoms with Gasteiger partial charge in [0.25, 0.3) is 5.91 Å². The summed E-state index contributed by atoms with van der Waals surface area (Å²) in [5.41, 5.74) is 4.27. The first kappa shape index (κ1) is 35.2. The van der Waals surface area contributed by atoms with Crippen molar-refractivity contribution in [3.63, 3.8) is 0 Å². The Morgan fingerprint density at radius 3 is 2.88 bits per heavy atom. The van der Waals surface area contributed by atoms with Gasteiger partial charge in [0.15, 0.2) is 0 Å². The Morgan fingerprint density at radius 1 is 1.22 bits per heavy atom. The van der Waals surface area contributed by atoms with Gasteiger partial charge >= 0.3 is 0 Å². The van der Waals surface area contributed by atoms with Gasteiger partial charge in [-0.15, -0.1) is 15.7 Å². The maximum Gasteiger partial charge on any atom is 0.286 e. The van der Waals surface area contributed by atoms with E-state index in [0.29, 0.717) is 49.0 Å². The van der Waals surface area contributed by atoms with E-state index in [1.54, 1.807) is 13.2 Å². The maximum atomic E-state index is 14.2. The Balaban J connectivity index is 1.24. The molecular weight excluding hydrogens is 692 g/mol. The van der Waals surface area contributed by atoms with Crippen molar-refractivity contribution in [1.82, 2.24) is 9.71 Å². The number of fused-ring (bicyclic) bond motifs is 4. The number of hydrogen-bond donors (Lipinski definition) is 1. The predicted molar refractivity (Wildman–Crippen MR) is 199 cm³/mol. The Labute approximate surface area is 304 Å². The van der Waals surface area contributed by atoms with Crippen LogP contribution in [0.1, 0.15) is 77.1 Å². The Kier molecular flexibility index (Phi) is 10.4. The highest BCUT2D eigenvalue weighted by molar-refractivity contribution is 7.92. The summed E-state index contributed by atoms with van der Waals surface area (Å²) in [6, 6.07) is 11.6. The number of aryl methyl sites for hydroxylation is 3. The average molecular weight is 737 g/mol. The smallest absolute Gasteiger partial charge is 0.286 e. The van der Waals surface area contributed by atoms with E-state index >= 15 is 0 Å². The molecule has 9 nitrogen and oxygen atoms in total. The molecule has 3 heterocycles. The second-order valence-electron chi connectivity index (χ2n) is 14.2. The number of thiazole rings is 1. The van der Waals surface area contributed by atoms with Crippen molar-refractivity contribution in [2.24, 2.45) is 16.2 Å². The SMILES string of the molecule is CO[C@H]1/C=C/CCC[S@@](=O)(NC(=O)CCc2csc(C)n2)=NC(=O)c2ccc3c(c2)N(C[C@@H]2CC[C@H]21)C[C@@]1(CCCc2cc(Cl)ccc21)CO3. The Hall–Kier alpha value is -3.25. The van der Waals surface area contributed by atoms with Crippen molar-refractivity contribution >= 4 is 50.4 Å². The lowest BCUT2D eigenvalue weighted by molar-refractivity contribution is -0.119. The van der Waals surface area contributed by atoms with Crippen LogP contribution in [-0.4, -0.2) is 59.7 Å². The molecule has 3 aromatic rings. The number of methoxy groups -OCH3 is 1. The number of nitrogens with zero attached hydrogens (tertiary/aromatic N) is 3. The molecular formula is C38H45ClN4O5S2. The van der Waals surface area contributed by atoms with Crippen LogP contribution in [0.15, 0.2) is 58.3 Å². The maximum absolute atomic E-state index is 14.2. The van der Waals surface area contributed by atoms with Gasteiger partial charge < -0.3 is 14.4 Å². The zero-order valence-corrected chi connectivity index (χ0v) is 31.1. The standard InChI is InChI=1S/C38H45ClN4O5S2/c1-25-40-30(22-49-25)12-16-36(44)41-50(46)18-5-3-4-8-34(47-2)31-13-9-28(31)21-43-23-38(17-6-7-26-19-29(39)11-14-32(26)38)24-48-35-15-10-27(20-33(35)43)37(45)42-50/h4,8,10-11,14-15,19-20,22,28,31,34H,3,5-7,9,12-13,16-18,21,23-24H2,1-2H3,(H,41,42,44,45,46)/b8-4+/t28-,31+,34-,38-,50+/m0/s1. The zero-order chi connectivity index (χ0) is 34.9. The number of aromatic nitrogens is 1. The summed E-state index contributed by atoms with van der Waals surface area (Å²) in [6.07, 6.45) is 11.0. The minimum atomic E-state index is -3.40.